The van der Waals surface area contributed by atoms with E-state index in [0.717, 1.165) is 5.92 Å². The molecule has 2 N–H and O–H groups in total. The van der Waals surface area contributed by atoms with E-state index in [4.69, 9.17) is 0 Å². The molecule has 5 heteroatoms. The molecule has 1 spiro atoms. The maximum atomic E-state index is 4.12. The van der Waals surface area contributed by atoms with Crippen LogP contribution in [0.25, 0.3) is 0 Å². The van der Waals surface area contributed by atoms with Gasteiger partial charge in [-0.1, -0.05) is 83.4 Å². The molecule has 2 atom stereocenters. The zero-order valence-electron chi connectivity index (χ0n) is 18.6. The van der Waals surface area contributed by atoms with Crippen LogP contribution >= 0.6 is 0 Å². The zero-order chi connectivity index (χ0) is 19.0. The molecule has 2 nitrogen and oxygen atoms in total. The number of nitrogens with one attached hydrogen (secondary N) is 2. The summed E-state index contributed by atoms with van der Waals surface area (Å²) in [5.41, 5.74) is 0.234. The highest BCUT2D eigenvalue weighted by Gasteiger charge is 2.36. The smallest absolute Gasteiger partial charge is 0.120 e. The first-order valence-corrected chi connectivity index (χ1v) is 12.9. The van der Waals surface area contributed by atoms with Gasteiger partial charge in [0.2, 0.25) is 0 Å². The van der Waals surface area contributed by atoms with E-state index >= 15 is 0 Å². The summed E-state index contributed by atoms with van der Waals surface area (Å²) in [6.45, 7) is 4.76. The lowest BCUT2D eigenvalue weighted by molar-refractivity contribution is 0.121. The van der Waals surface area contributed by atoms with Crippen LogP contribution in [0.5, 0.6) is 0 Å². The Balaban J connectivity index is 1.97. The van der Waals surface area contributed by atoms with Gasteiger partial charge in [0, 0.05) is 0 Å². The van der Waals surface area contributed by atoms with Crippen molar-refractivity contribution in [2.24, 2.45) is 5.92 Å². The second-order valence-electron chi connectivity index (χ2n) is 9.51. The second kappa shape index (κ2) is 15.0. The third-order valence-corrected chi connectivity index (χ3v) is 7.21. The lowest BCUT2D eigenvalue weighted by atomic mass is 9.65. The maximum absolute atomic E-state index is 4.12. The molecule has 0 saturated carbocycles. The van der Waals surface area contributed by atoms with Crippen molar-refractivity contribution < 1.29 is 0 Å². The van der Waals surface area contributed by atoms with Crippen LogP contribution in [0.3, 0.4) is 0 Å². The quantitative estimate of drug-likeness (QED) is 0.503. The Kier molecular flexibility index (Phi) is 13.0. The summed E-state index contributed by atoms with van der Waals surface area (Å²) in [7, 11) is 4.35. The van der Waals surface area contributed by atoms with Gasteiger partial charge in [-0.15, -0.1) is 0 Å². The van der Waals surface area contributed by atoms with Crippen molar-refractivity contribution in [3.05, 3.63) is 0 Å². The average molecular weight is 372 g/mol. The van der Waals surface area contributed by atoms with Gasteiger partial charge in [0.15, 0.2) is 0 Å². The van der Waals surface area contributed by atoms with E-state index in [2.05, 4.69) is 17.6 Å². The van der Waals surface area contributed by atoms with Gasteiger partial charge >= 0.3 is 0 Å². The molecule has 2 rings (SSSR count). The normalized spacial score (nSPS) is 28.7. The fraction of sp³-hybridized carbons (Fsp3) is 1.00. The first-order chi connectivity index (χ1) is 13.4. The topological polar surface area (TPSA) is 24.1 Å². The predicted octanol–water partition coefficient (Wildman–Crippen LogP) is 4.64. The van der Waals surface area contributed by atoms with Crippen LogP contribution < -0.4 is 10.6 Å². The van der Waals surface area contributed by atoms with Crippen LogP contribution in [-0.4, -0.2) is 40.6 Å². The van der Waals surface area contributed by atoms with Crippen LogP contribution in [0, 0.1) is 5.92 Å². The molecule has 0 aliphatic carbocycles. The van der Waals surface area contributed by atoms with E-state index in [1.807, 2.05) is 0 Å². The van der Waals surface area contributed by atoms with Gasteiger partial charge in [0.05, 0.1) is 5.66 Å². The molecular weight excluding hydrogens is 325 g/mol. The Bertz CT molecular complexity index is 331. The lowest BCUT2D eigenvalue weighted by Gasteiger charge is -2.44. The molecule has 2 unspecified atom stereocenters. The van der Waals surface area contributed by atoms with Crippen LogP contribution in [0.2, 0.25) is 37.9 Å². The van der Waals surface area contributed by atoms with Crippen LogP contribution in [-0.2, 0) is 0 Å². The summed E-state index contributed by atoms with van der Waals surface area (Å²) in [6, 6.07) is 0. The minimum atomic E-state index is 0.234. The van der Waals surface area contributed by atoms with Gasteiger partial charge in [-0.2, -0.15) is 0 Å². The van der Waals surface area contributed by atoms with Crippen LogP contribution in [0.1, 0.15) is 77.6 Å². The van der Waals surface area contributed by atoms with Gasteiger partial charge in [-0.25, -0.2) is 0 Å². The standard InChI is InChI=1S/C22H47B3N2/c1-2-3-13-23-15-6-10-21-11-7-16-25-18-9-20-27-22(21)12-4-5-14-24-17-8-19-26-22/h21,23-27H,2-20H2,1H3. The Morgan fingerprint density at radius 3 is 2.26 bits per heavy atom. The van der Waals surface area contributed by atoms with E-state index in [1.165, 1.54) is 143 Å². The molecule has 0 radical (unpaired) electrons. The van der Waals surface area contributed by atoms with Gasteiger partial charge < -0.3 is 0 Å². The third kappa shape index (κ3) is 9.44. The summed E-state index contributed by atoms with van der Waals surface area (Å²) < 4.78 is 0. The summed E-state index contributed by atoms with van der Waals surface area (Å²) in [6.07, 6.45) is 24.2. The lowest BCUT2D eigenvalue weighted by Crippen LogP contribution is -2.62. The number of rotatable bonds is 7. The minimum absolute atomic E-state index is 0.234. The Morgan fingerprint density at radius 1 is 0.852 bits per heavy atom. The van der Waals surface area contributed by atoms with Gasteiger partial charge in [-0.3, -0.25) is 10.6 Å². The van der Waals surface area contributed by atoms with Crippen molar-refractivity contribution in [3.8, 4) is 0 Å². The van der Waals surface area contributed by atoms with Gasteiger partial charge in [0.1, 0.15) is 21.8 Å². The monoisotopic (exact) mass is 372 g/mol. The van der Waals surface area contributed by atoms with Crippen molar-refractivity contribution >= 4 is 21.8 Å². The highest BCUT2D eigenvalue weighted by molar-refractivity contribution is 6.35. The fourth-order valence-electron chi connectivity index (χ4n) is 5.45. The highest BCUT2D eigenvalue weighted by Crippen LogP contribution is 2.32. The van der Waals surface area contributed by atoms with Crippen molar-refractivity contribution in [1.29, 1.82) is 0 Å². The molecular formula is C22H47B3N2. The molecule has 2 aliphatic rings. The molecule has 2 saturated heterocycles. The Hall–Kier alpha value is 0.115. The van der Waals surface area contributed by atoms with Crippen LogP contribution in [0.15, 0.2) is 0 Å². The predicted molar refractivity (Wildman–Crippen MR) is 129 cm³/mol. The molecule has 0 amide bonds. The number of hydrogen-bond donors (Lipinski definition) is 2. The minimum Gasteiger partial charge on any atom is -0.299 e. The molecule has 2 fully saturated rings. The molecule has 0 aromatic heterocycles. The molecule has 0 aromatic carbocycles. The molecule has 0 aromatic rings. The van der Waals surface area contributed by atoms with E-state index in [-0.39, 0.29) is 5.66 Å². The molecule has 2 aliphatic heterocycles. The molecule has 0 bridgehead atoms. The highest BCUT2D eigenvalue weighted by atomic mass is 15.2. The Morgan fingerprint density at radius 2 is 1.52 bits per heavy atom. The fourth-order valence-corrected chi connectivity index (χ4v) is 5.45. The first-order valence-electron chi connectivity index (χ1n) is 12.9. The van der Waals surface area contributed by atoms with Crippen molar-refractivity contribution in [2.75, 3.05) is 13.1 Å². The van der Waals surface area contributed by atoms with Crippen molar-refractivity contribution in [1.82, 2.24) is 10.6 Å². The largest absolute Gasteiger partial charge is 0.299 e. The van der Waals surface area contributed by atoms with Crippen molar-refractivity contribution in [2.45, 2.75) is 121 Å². The number of unbranched alkanes of at least 4 members (excludes halogenated alkanes) is 1. The van der Waals surface area contributed by atoms with Crippen molar-refractivity contribution in [3.63, 3.8) is 0 Å². The SMILES string of the molecule is CCCCBCCCC1CCCBCCCNC12CCCCBCCCN2. The molecule has 154 valence electrons. The summed E-state index contributed by atoms with van der Waals surface area (Å²) in [4.78, 5) is 0. The van der Waals surface area contributed by atoms with E-state index < -0.39 is 0 Å². The van der Waals surface area contributed by atoms with Gasteiger partial charge in [0.25, 0.3) is 0 Å². The third-order valence-electron chi connectivity index (χ3n) is 7.21. The van der Waals surface area contributed by atoms with Gasteiger partial charge in [-0.05, 0) is 51.1 Å². The zero-order valence-corrected chi connectivity index (χ0v) is 18.6. The number of hydrogen-bond acceptors (Lipinski definition) is 2. The van der Waals surface area contributed by atoms with E-state index in [9.17, 15) is 0 Å². The Labute approximate surface area is 172 Å². The summed E-state index contributed by atoms with van der Waals surface area (Å²) >= 11 is 0. The molecule has 2 heterocycles. The summed E-state index contributed by atoms with van der Waals surface area (Å²) in [5, 5.41) is 8.24. The maximum Gasteiger partial charge on any atom is 0.120 e. The average Bonchev–Trinajstić information content (AvgIpc) is 2.69. The van der Waals surface area contributed by atoms with E-state index in [0.29, 0.717) is 0 Å². The second-order valence-corrected chi connectivity index (χ2v) is 9.51. The first kappa shape index (κ1) is 23.4. The molecule has 27 heavy (non-hydrogen) atoms. The van der Waals surface area contributed by atoms with Crippen LogP contribution in [0.4, 0.5) is 0 Å². The summed E-state index contributed by atoms with van der Waals surface area (Å²) in [5.74, 6) is 0.834. The van der Waals surface area contributed by atoms with E-state index in [1.54, 1.807) is 0 Å².